The highest BCUT2D eigenvalue weighted by atomic mass is 16.7. The van der Waals surface area contributed by atoms with E-state index in [4.69, 9.17) is 23.7 Å². The van der Waals surface area contributed by atoms with Crippen molar-refractivity contribution in [2.24, 2.45) is 0 Å². The number of allylic oxidation sites excluding steroid dienone is 2. The summed E-state index contributed by atoms with van der Waals surface area (Å²) >= 11 is 0. The van der Waals surface area contributed by atoms with Crippen molar-refractivity contribution < 1.29 is 28.8 Å². The second-order valence-electron chi connectivity index (χ2n) is 9.47. The molecule has 3 heterocycles. The first-order valence-electron chi connectivity index (χ1n) is 12.9. The van der Waals surface area contributed by atoms with Gasteiger partial charge in [0.15, 0.2) is 12.6 Å². The molecule has 4 atom stereocenters. The normalized spacial score (nSPS) is 27.6. The Bertz CT molecular complexity index is 893. The van der Waals surface area contributed by atoms with E-state index in [0.717, 1.165) is 94.3 Å². The third kappa shape index (κ3) is 6.11. The number of hydrogen-bond donors (Lipinski definition) is 1. The Balaban J connectivity index is 1.27. The van der Waals surface area contributed by atoms with Crippen LogP contribution in [0.1, 0.15) is 63.4 Å². The van der Waals surface area contributed by atoms with E-state index in [2.05, 4.69) is 24.3 Å². The van der Waals surface area contributed by atoms with Crippen LogP contribution in [0.2, 0.25) is 0 Å². The summed E-state index contributed by atoms with van der Waals surface area (Å²) in [6.07, 6.45) is 12.3. The predicted octanol–water partition coefficient (Wildman–Crippen LogP) is 5.28. The molecule has 0 amide bonds. The molecule has 1 aromatic carbocycles. The van der Waals surface area contributed by atoms with Crippen LogP contribution in [0.25, 0.3) is 0 Å². The molecular weight excluding hydrogens is 432 g/mol. The number of fused-ring (bicyclic) bond motifs is 1. The van der Waals surface area contributed by atoms with E-state index in [0.29, 0.717) is 5.76 Å². The van der Waals surface area contributed by atoms with Gasteiger partial charge in [0.1, 0.15) is 11.5 Å². The van der Waals surface area contributed by atoms with Gasteiger partial charge in [-0.2, -0.15) is 0 Å². The van der Waals surface area contributed by atoms with Crippen molar-refractivity contribution in [1.29, 1.82) is 0 Å². The minimum absolute atomic E-state index is 0.0693. The number of hydrogen-bond acceptors (Lipinski definition) is 6. The highest BCUT2D eigenvalue weighted by molar-refractivity contribution is 5.57. The van der Waals surface area contributed by atoms with E-state index < -0.39 is 6.29 Å². The summed E-state index contributed by atoms with van der Waals surface area (Å²) in [6.45, 7) is 1.51. The highest BCUT2D eigenvalue weighted by Gasteiger charge is 2.33. The van der Waals surface area contributed by atoms with Crippen LogP contribution < -0.4 is 0 Å². The van der Waals surface area contributed by atoms with Crippen molar-refractivity contribution in [2.45, 2.75) is 89.2 Å². The van der Waals surface area contributed by atoms with Gasteiger partial charge in [0, 0.05) is 30.2 Å². The van der Waals surface area contributed by atoms with Crippen LogP contribution >= 0.6 is 0 Å². The molecule has 5 rings (SSSR count). The lowest BCUT2D eigenvalue weighted by Gasteiger charge is -2.28. The van der Waals surface area contributed by atoms with E-state index in [1.165, 1.54) is 5.56 Å². The molecule has 0 spiro atoms. The Hall–Kier alpha value is -2.12. The second kappa shape index (κ2) is 11.5. The van der Waals surface area contributed by atoms with Crippen LogP contribution in [-0.2, 0) is 30.1 Å². The van der Waals surface area contributed by atoms with Crippen molar-refractivity contribution in [1.82, 2.24) is 0 Å². The van der Waals surface area contributed by atoms with Crippen LogP contribution in [0.3, 0.4) is 0 Å². The standard InChI is InChI=1S/C28H36O6/c29-26-18-23-22(24(19-25(23)33-26)34-28-11-5-7-17-31-28)15-14-21(32-27-10-4-6-16-30-27)13-12-20-8-2-1-3-9-20/h1-3,8-9,18-19,21,26-29H,4-7,10-17H2/t21-,26?,27?,28?/m1/s1. The zero-order valence-corrected chi connectivity index (χ0v) is 19.8. The largest absolute Gasteiger partial charge is 0.465 e. The maximum atomic E-state index is 10.00. The van der Waals surface area contributed by atoms with Crippen molar-refractivity contribution in [3.63, 3.8) is 0 Å². The van der Waals surface area contributed by atoms with E-state index >= 15 is 0 Å². The molecule has 0 radical (unpaired) electrons. The average molecular weight is 469 g/mol. The molecule has 2 fully saturated rings. The molecule has 4 aliphatic rings. The first kappa shape index (κ1) is 23.6. The summed E-state index contributed by atoms with van der Waals surface area (Å²) in [5.74, 6) is 1.49. The third-order valence-electron chi connectivity index (χ3n) is 6.90. The average Bonchev–Trinajstić information content (AvgIpc) is 3.38. The smallest absolute Gasteiger partial charge is 0.218 e. The second-order valence-corrected chi connectivity index (χ2v) is 9.47. The van der Waals surface area contributed by atoms with Crippen LogP contribution in [0.5, 0.6) is 0 Å². The van der Waals surface area contributed by atoms with Gasteiger partial charge in [-0.25, -0.2) is 0 Å². The molecule has 1 aliphatic carbocycles. The minimum atomic E-state index is -0.899. The number of benzene rings is 1. The number of aliphatic hydroxyl groups is 1. The van der Waals surface area contributed by atoms with Gasteiger partial charge in [0.2, 0.25) is 6.29 Å². The summed E-state index contributed by atoms with van der Waals surface area (Å²) in [5.41, 5.74) is 3.32. The van der Waals surface area contributed by atoms with Crippen LogP contribution in [0.15, 0.2) is 65.1 Å². The van der Waals surface area contributed by atoms with E-state index in [9.17, 15) is 5.11 Å². The monoisotopic (exact) mass is 468 g/mol. The molecule has 1 aromatic rings. The van der Waals surface area contributed by atoms with E-state index in [-0.39, 0.29) is 18.7 Å². The maximum Gasteiger partial charge on any atom is 0.218 e. The van der Waals surface area contributed by atoms with Crippen LogP contribution in [-0.4, -0.2) is 43.3 Å². The summed E-state index contributed by atoms with van der Waals surface area (Å²) in [5, 5.41) is 10.00. The lowest BCUT2D eigenvalue weighted by atomic mass is 9.97. The predicted molar refractivity (Wildman–Crippen MR) is 127 cm³/mol. The van der Waals surface area contributed by atoms with E-state index in [1.54, 1.807) is 6.08 Å². The molecule has 0 bridgehead atoms. The Kier molecular flexibility index (Phi) is 8.01. The van der Waals surface area contributed by atoms with Gasteiger partial charge in [-0.3, -0.25) is 0 Å². The Morgan fingerprint density at radius 3 is 2.38 bits per heavy atom. The van der Waals surface area contributed by atoms with Gasteiger partial charge in [0.05, 0.1) is 12.7 Å². The van der Waals surface area contributed by atoms with E-state index in [1.807, 2.05) is 12.1 Å². The Labute approximate surface area is 202 Å². The fourth-order valence-corrected chi connectivity index (χ4v) is 5.05. The molecule has 2 saturated heterocycles. The van der Waals surface area contributed by atoms with Gasteiger partial charge in [-0.05, 0) is 69.4 Å². The molecule has 3 aliphatic heterocycles. The number of rotatable bonds is 10. The van der Waals surface area contributed by atoms with Gasteiger partial charge < -0.3 is 28.8 Å². The summed E-state index contributed by atoms with van der Waals surface area (Å²) in [4.78, 5) is 0. The molecule has 6 nitrogen and oxygen atoms in total. The molecule has 1 N–H and O–H groups in total. The Morgan fingerprint density at radius 2 is 1.65 bits per heavy atom. The first-order valence-corrected chi connectivity index (χ1v) is 12.9. The summed E-state index contributed by atoms with van der Waals surface area (Å²) < 4.78 is 30.0. The van der Waals surface area contributed by atoms with Crippen molar-refractivity contribution in [3.8, 4) is 0 Å². The van der Waals surface area contributed by atoms with Gasteiger partial charge in [-0.15, -0.1) is 0 Å². The minimum Gasteiger partial charge on any atom is -0.465 e. The molecule has 0 saturated carbocycles. The number of ether oxygens (including phenoxy) is 5. The zero-order chi connectivity index (χ0) is 23.2. The third-order valence-corrected chi connectivity index (χ3v) is 6.90. The van der Waals surface area contributed by atoms with Crippen molar-refractivity contribution >= 4 is 0 Å². The van der Waals surface area contributed by atoms with Gasteiger partial charge in [-0.1, -0.05) is 30.3 Å². The van der Waals surface area contributed by atoms with Gasteiger partial charge in [0.25, 0.3) is 0 Å². The molecule has 6 heteroatoms. The quantitative estimate of drug-likeness (QED) is 0.504. The number of aliphatic hydroxyl groups excluding tert-OH is 1. The van der Waals surface area contributed by atoms with Crippen molar-refractivity contribution in [3.05, 3.63) is 70.7 Å². The fraction of sp³-hybridized carbons (Fsp3) is 0.571. The lowest BCUT2D eigenvalue weighted by Crippen LogP contribution is -2.28. The highest BCUT2D eigenvalue weighted by Crippen LogP contribution is 2.41. The van der Waals surface area contributed by atoms with Crippen LogP contribution in [0, 0.1) is 0 Å². The zero-order valence-electron chi connectivity index (χ0n) is 19.8. The maximum absolute atomic E-state index is 10.00. The van der Waals surface area contributed by atoms with Crippen LogP contribution in [0.4, 0.5) is 0 Å². The number of aryl methyl sites for hydroxylation is 1. The summed E-state index contributed by atoms with van der Waals surface area (Å²) in [6, 6.07) is 10.6. The molecule has 184 valence electrons. The Morgan fingerprint density at radius 1 is 0.912 bits per heavy atom. The SMILES string of the molecule is OC1C=C2C(=CC(OC3CCCCO3)=C2CC[C@@H](CCc2ccccc2)OC2CCCCO2)O1. The fourth-order valence-electron chi connectivity index (χ4n) is 5.05. The summed E-state index contributed by atoms with van der Waals surface area (Å²) in [7, 11) is 0. The molecule has 3 unspecified atom stereocenters. The topological polar surface area (TPSA) is 66.4 Å². The lowest BCUT2D eigenvalue weighted by molar-refractivity contribution is -0.190. The van der Waals surface area contributed by atoms with Gasteiger partial charge >= 0.3 is 0 Å². The van der Waals surface area contributed by atoms with Crippen molar-refractivity contribution in [2.75, 3.05) is 13.2 Å². The molecule has 34 heavy (non-hydrogen) atoms. The molecule has 0 aromatic heterocycles. The molecular formula is C28H36O6. The first-order chi connectivity index (χ1) is 16.7.